The summed E-state index contributed by atoms with van der Waals surface area (Å²) < 4.78 is 7.63. The van der Waals surface area contributed by atoms with E-state index in [4.69, 9.17) is 26.2 Å². The van der Waals surface area contributed by atoms with Crippen LogP contribution in [0.5, 0.6) is 5.75 Å². The summed E-state index contributed by atoms with van der Waals surface area (Å²) in [6, 6.07) is 11.8. The summed E-state index contributed by atoms with van der Waals surface area (Å²) in [5.41, 5.74) is 4.35. The van der Waals surface area contributed by atoms with E-state index in [0.29, 0.717) is 34.6 Å². The first kappa shape index (κ1) is 19.5. The molecule has 0 spiro atoms. The summed E-state index contributed by atoms with van der Waals surface area (Å²) in [4.78, 5) is 20.8. The number of pyridine rings is 1. The quantitative estimate of drug-likeness (QED) is 0.540. The molecule has 0 amide bonds. The van der Waals surface area contributed by atoms with Crippen LogP contribution in [-0.4, -0.2) is 28.3 Å². The van der Waals surface area contributed by atoms with Gasteiger partial charge in [-0.2, -0.15) is 0 Å². The average molecular weight is 412 g/mol. The third-order valence-corrected chi connectivity index (χ3v) is 5.61. The molecule has 1 aromatic carbocycles. The van der Waals surface area contributed by atoms with Crippen molar-refractivity contribution in [2.45, 2.75) is 39.2 Å². The standard InChI is InChI=1S/C22H22ClN3O3/c1-4-13(2)19-8-14-9-21(28-3)16(23)10-20(14)26(19)12-15-6-5-7-17(24-15)18-11-22(27)29-25-18/h5-10,13H,4,11-12H2,1-3H3. The number of ether oxygens (including phenoxy) is 1. The zero-order valence-electron chi connectivity index (χ0n) is 16.6. The smallest absolute Gasteiger partial charge is 0.341 e. The molecule has 29 heavy (non-hydrogen) atoms. The van der Waals surface area contributed by atoms with Gasteiger partial charge in [0.2, 0.25) is 0 Å². The van der Waals surface area contributed by atoms with Crippen molar-refractivity contribution in [3.8, 4) is 5.75 Å². The minimum absolute atomic E-state index is 0.149. The molecule has 0 fully saturated rings. The van der Waals surface area contributed by atoms with Crippen LogP contribution in [0.15, 0.2) is 41.6 Å². The van der Waals surface area contributed by atoms with E-state index in [1.54, 1.807) is 7.11 Å². The first-order valence-corrected chi connectivity index (χ1v) is 9.97. The topological polar surface area (TPSA) is 65.7 Å². The number of methoxy groups -OCH3 is 1. The SMILES string of the molecule is CCC(C)c1cc2cc(OC)c(Cl)cc2n1Cc1cccc(C2=NOC(=O)C2)n1. The van der Waals surface area contributed by atoms with Gasteiger partial charge in [-0.1, -0.05) is 36.7 Å². The van der Waals surface area contributed by atoms with Crippen LogP contribution in [-0.2, 0) is 16.2 Å². The normalized spacial score (nSPS) is 14.8. The molecule has 4 rings (SSSR count). The zero-order valence-corrected chi connectivity index (χ0v) is 17.4. The molecule has 3 heterocycles. The van der Waals surface area contributed by atoms with Gasteiger partial charge in [0.05, 0.1) is 42.0 Å². The van der Waals surface area contributed by atoms with E-state index in [2.05, 4.69) is 29.6 Å². The molecule has 1 atom stereocenters. The lowest BCUT2D eigenvalue weighted by Crippen LogP contribution is -2.10. The number of carbonyl (C=O) groups is 1. The Kier molecular flexibility index (Phi) is 5.28. The highest BCUT2D eigenvalue weighted by Gasteiger charge is 2.21. The van der Waals surface area contributed by atoms with Gasteiger partial charge in [0.15, 0.2) is 0 Å². The van der Waals surface area contributed by atoms with Crippen molar-refractivity contribution in [1.82, 2.24) is 9.55 Å². The second-order valence-electron chi connectivity index (χ2n) is 7.20. The molecule has 1 aliphatic rings. The number of halogens is 1. The number of hydrogen-bond acceptors (Lipinski definition) is 5. The predicted octanol–water partition coefficient (Wildman–Crippen LogP) is 4.91. The van der Waals surface area contributed by atoms with Crippen molar-refractivity contribution in [2.75, 3.05) is 7.11 Å². The molecule has 150 valence electrons. The molecule has 0 saturated carbocycles. The van der Waals surface area contributed by atoms with Crippen LogP contribution in [0.4, 0.5) is 0 Å². The average Bonchev–Trinajstić information content (AvgIpc) is 3.31. The van der Waals surface area contributed by atoms with Crippen LogP contribution in [0.1, 0.15) is 49.7 Å². The third-order valence-electron chi connectivity index (χ3n) is 5.32. The Morgan fingerprint density at radius 2 is 2.14 bits per heavy atom. The number of rotatable bonds is 6. The van der Waals surface area contributed by atoms with Crippen molar-refractivity contribution in [3.63, 3.8) is 0 Å². The van der Waals surface area contributed by atoms with Gasteiger partial charge in [0.25, 0.3) is 0 Å². The van der Waals surface area contributed by atoms with Crippen molar-refractivity contribution < 1.29 is 14.4 Å². The number of fused-ring (bicyclic) bond motifs is 1. The fourth-order valence-electron chi connectivity index (χ4n) is 3.57. The van der Waals surface area contributed by atoms with Crippen molar-refractivity contribution in [2.24, 2.45) is 5.16 Å². The van der Waals surface area contributed by atoms with Gasteiger partial charge in [0, 0.05) is 11.1 Å². The lowest BCUT2D eigenvalue weighted by molar-refractivity contribution is -0.140. The molecule has 0 saturated heterocycles. The van der Waals surface area contributed by atoms with Gasteiger partial charge >= 0.3 is 5.97 Å². The Hall–Kier alpha value is -2.86. The van der Waals surface area contributed by atoms with Crippen LogP contribution in [0, 0.1) is 0 Å². The highest BCUT2D eigenvalue weighted by atomic mass is 35.5. The number of carbonyl (C=O) groups excluding carboxylic acids is 1. The highest BCUT2D eigenvalue weighted by Crippen LogP contribution is 2.34. The molecular formula is C22H22ClN3O3. The number of nitrogens with zero attached hydrogens (tertiary/aromatic N) is 3. The molecule has 6 nitrogen and oxygen atoms in total. The highest BCUT2D eigenvalue weighted by molar-refractivity contribution is 6.32. The van der Waals surface area contributed by atoms with Gasteiger partial charge in [-0.05, 0) is 42.7 Å². The minimum atomic E-state index is -0.355. The minimum Gasteiger partial charge on any atom is -0.495 e. The summed E-state index contributed by atoms with van der Waals surface area (Å²) >= 11 is 6.41. The summed E-state index contributed by atoms with van der Waals surface area (Å²) in [6.45, 7) is 4.97. The van der Waals surface area contributed by atoms with Crippen LogP contribution in [0.25, 0.3) is 10.9 Å². The summed E-state index contributed by atoms with van der Waals surface area (Å²) in [7, 11) is 1.62. The second-order valence-corrected chi connectivity index (χ2v) is 7.61. The Labute approximate surface area is 174 Å². The Morgan fingerprint density at radius 1 is 1.31 bits per heavy atom. The molecule has 2 aromatic heterocycles. The maximum absolute atomic E-state index is 11.4. The first-order chi connectivity index (χ1) is 14.0. The lowest BCUT2D eigenvalue weighted by atomic mass is 10.0. The molecule has 0 bridgehead atoms. The fourth-order valence-corrected chi connectivity index (χ4v) is 3.80. The van der Waals surface area contributed by atoms with E-state index in [-0.39, 0.29) is 12.4 Å². The summed E-state index contributed by atoms with van der Waals surface area (Å²) in [5.74, 6) is 0.683. The molecule has 7 heteroatoms. The van der Waals surface area contributed by atoms with E-state index in [0.717, 1.165) is 23.0 Å². The number of hydrogen-bond donors (Lipinski definition) is 0. The van der Waals surface area contributed by atoms with Crippen LogP contribution < -0.4 is 4.74 Å². The third kappa shape index (κ3) is 3.72. The van der Waals surface area contributed by atoms with Gasteiger partial charge in [-0.15, -0.1) is 0 Å². The summed E-state index contributed by atoms with van der Waals surface area (Å²) in [5, 5.41) is 5.49. The van der Waals surface area contributed by atoms with E-state index < -0.39 is 0 Å². The van der Waals surface area contributed by atoms with Gasteiger partial charge in [-0.25, -0.2) is 9.78 Å². The van der Waals surface area contributed by atoms with E-state index in [1.807, 2.05) is 30.3 Å². The van der Waals surface area contributed by atoms with Crippen LogP contribution in [0.3, 0.4) is 0 Å². The molecular weight excluding hydrogens is 390 g/mol. The Morgan fingerprint density at radius 3 is 2.83 bits per heavy atom. The molecule has 0 radical (unpaired) electrons. The van der Waals surface area contributed by atoms with Crippen molar-refractivity contribution >= 4 is 34.2 Å². The van der Waals surface area contributed by atoms with E-state index in [9.17, 15) is 4.79 Å². The number of oxime groups is 1. The number of benzene rings is 1. The molecule has 0 N–H and O–H groups in total. The number of aromatic nitrogens is 2. The first-order valence-electron chi connectivity index (χ1n) is 9.59. The molecule has 0 aliphatic carbocycles. The van der Waals surface area contributed by atoms with E-state index >= 15 is 0 Å². The van der Waals surface area contributed by atoms with Crippen molar-refractivity contribution in [1.29, 1.82) is 0 Å². The van der Waals surface area contributed by atoms with Gasteiger partial charge in [0.1, 0.15) is 11.5 Å². The zero-order chi connectivity index (χ0) is 20.5. The van der Waals surface area contributed by atoms with Crippen LogP contribution in [0.2, 0.25) is 5.02 Å². The van der Waals surface area contributed by atoms with Crippen molar-refractivity contribution in [3.05, 3.63) is 58.5 Å². The lowest BCUT2D eigenvalue weighted by Gasteiger charge is -2.15. The largest absolute Gasteiger partial charge is 0.495 e. The molecule has 3 aromatic rings. The summed E-state index contributed by atoms with van der Waals surface area (Å²) in [6.07, 6.45) is 1.17. The van der Waals surface area contributed by atoms with Crippen LogP contribution >= 0.6 is 11.6 Å². The maximum Gasteiger partial charge on any atom is 0.341 e. The Balaban J connectivity index is 1.77. The second kappa shape index (κ2) is 7.87. The van der Waals surface area contributed by atoms with Gasteiger partial charge in [-0.3, -0.25) is 0 Å². The monoisotopic (exact) mass is 411 g/mol. The molecule has 1 unspecified atom stereocenters. The Bertz CT molecular complexity index is 1120. The van der Waals surface area contributed by atoms with Gasteiger partial charge < -0.3 is 14.1 Å². The van der Waals surface area contributed by atoms with E-state index in [1.165, 1.54) is 5.69 Å². The maximum atomic E-state index is 11.4. The predicted molar refractivity (Wildman–Crippen MR) is 113 cm³/mol. The molecule has 1 aliphatic heterocycles. The fraction of sp³-hybridized carbons (Fsp3) is 0.318.